The first-order valence-electron chi connectivity index (χ1n) is 9.93. The number of hydrogen-bond acceptors (Lipinski definition) is 3. The number of nitrogens with one attached hydrogen (secondary N) is 2. The summed E-state index contributed by atoms with van der Waals surface area (Å²) < 4.78 is 12.9. The van der Waals surface area contributed by atoms with Gasteiger partial charge in [-0.1, -0.05) is 51.1 Å². The third-order valence-corrected chi connectivity index (χ3v) is 4.78. The maximum absolute atomic E-state index is 12.9. The molecule has 0 aliphatic carbocycles. The van der Waals surface area contributed by atoms with Crippen LogP contribution in [0.2, 0.25) is 0 Å². The highest BCUT2D eigenvalue weighted by Gasteiger charge is 2.16. The van der Waals surface area contributed by atoms with Crippen LogP contribution in [0.1, 0.15) is 43.4 Å². The number of rotatable bonds is 9. The van der Waals surface area contributed by atoms with E-state index >= 15 is 0 Å². The zero-order chi connectivity index (χ0) is 21.4. The van der Waals surface area contributed by atoms with Crippen molar-refractivity contribution < 1.29 is 14.0 Å². The van der Waals surface area contributed by atoms with E-state index in [1.807, 2.05) is 32.0 Å². The van der Waals surface area contributed by atoms with Gasteiger partial charge in [0.2, 0.25) is 11.8 Å². The number of para-hydroxylation sites is 1. The molecule has 0 unspecified atom stereocenters. The summed E-state index contributed by atoms with van der Waals surface area (Å²) >= 11 is 0. The molecule has 2 N–H and O–H groups in total. The highest BCUT2D eigenvalue weighted by atomic mass is 19.1. The molecule has 0 saturated carbocycles. The van der Waals surface area contributed by atoms with E-state index in [9.17, 15) is 14.0 Å². The van der Waals surface area contributed by atoms with Crippen molar-refractivity contribution in [3.8, 4) is 0 Å². The molecule has 2 rings (SSSR count). The second-order valence-corrected chi connectivity index (χ2v) is 7.45. The Morgan fingerprint density at radius 3 is 2.31 bits per heavy atom. The van der Waals surface area contributed by atoms with Crippen LogP contribution in [0.5, 0.6) is 0 Å². The molecule has 0 fully saturated rings. The van der Waals surface area contributed by atoms with Crippen LogP contribution in [0, 0.1) is 12.7 Å². The topological polar surface area (TPSA) is 61.4 Å². The van der Waals surface area contributed by atoms with Gasteiger partial charge < -0.3 is 10.6 Å². The van der Waals surface area contributed by atoms with Crippen LogP contribution in [0.25, 0.3) is 0 Å². The molecule has 0 aliphatic rings. The van der Waals surface area contributed by atoms with Gasteiger partial charge in [0.25, 0.3) is 0 Å². The zero-order valence-corrected chi connectivity index (χ0v) is 17.6. The average Bonchev–Trinajstić information content (AvgIpc) is 2.68. The largest absolute Gasteiger partial charge is 0.351 e. The van der Waals surface area contributed by atoms with Crippen molar-refractivity contribution >= 4 is 17.5 Å². The molecule has 6 heteroatoms. The maximum Gasteiger partial charge on any atom is 0.238 e. The SMILES string of the molecule is CCN(CC(=O)NCc1ccc(F)cc1)CC(=O)Nc1c(C)cccc1C(C)C. The monoisotopic (exact) mass is 399 g/mol. The third-order valence-electron chi connectivity index (χ3n) is 4.78. The second kappa shape index (κ2) is 10.7. The number of nitrogens with zero attached hydrogens (tertiary/aromatic N) is 1. The lowest BCUT2D eigenvalue weighted by molar-refractivity contribution is -0.123. The second-order valence-electron chi connectivity index (χ2n) is 7.45. The molecular weight excluding hydrogens is 369 g/mol. The third kappa shape index (κ3) is 6.98. The number of hydrogen-bond donors (Lipinski definition) is 2. The lowest BCUT2D eigenvalue weighted by atomic mass is 9.98. The molecule has 2 aromatic carbocycles. The molecule has 0 heterocycles. The number of aryl methyl sites for hydroxylation is 1. The summed E-state index contributed by atoms with van der Waals surface area (Å²) in [6, 6.07) is 12.0. The van der Waals surface area contributed by atoms with Gasteiger partial charge in [-0.2, -0.15) is 0 Å². The zero-order valence-electron chi connectivity index (χ0n) is 17.6. The van der Waals surface area contributed by atoms with Gasteiger partial charge in [0.05, 0.1) is 13.1 Å². The molecule has 29 heavy (non-hydrogen) atoms. The van der Waals surface area contributed by atoms with E-state index < -0.39 is 0 Å². The number of carbonyl (C=O) groups is 2. The van der Waals surface area contributed by atoms with E-state index in [4.69, 9.17) is 0 Å². The Hall–Kier alpha value is -2.73. The normalized spacial score (nSPS) is 11.0. The van der Waals surface area contributed by atoms with Gasteiger partial charge in [-0.3, -0.25) is 14.5 Å². The van der Waals surface area contributed by atoms with Crippen molar-refractivity contribution in [1.82, 2.24) is 10.2 Å². The molecular formula is C23H30FN3O2. The standard InChI is InChI=1S/C23H30FN3O2/c1-5-27(14-21(28)25-13-18-9-11-19(24)12-10-18)15-22(29)26-23-17(4)7-6-8-20(23)16(2)3/h6-12,16H,5,13-15H2,1-4H3,(H,25,28)(H,26,29). The predicted octanol–water partition coefficient (Wildman–Crippen LogP) is 3.83. The number of carbonyl (C=O) groups excluding carboxylic acids is 2. The van der Waals surface area contributed by atoms with Crippen LogP contribution in [-0.4, -0.2) is 36.3 Å². The number of halogens is 1. The van der Waals surface area contributed by atoms with Crippen molar-refractivity contribution in [2.75, 3.05) is 25.0 Å². The Morgan fingerprint density at radius 2 is 1.69 bits per heavy atom. The summed E-state index contributed by atoms with van der Waals surface area (Å²) in [4.78, 5) is 26.6. The molecule has 0 spiro atoms. The van der Waals surface area contributed by atoms with Crippen LogP contribution in [0.3, 0.4) is 0 Å². The van der Waals surface area contributed by atoms with Gasteiger partial charge in [-0.05, 0) is 48.2 Å². The lowest BCUT2D eigenvalue weighted by Crippen LogP contribution is -2.41. The summed E-state index contributed by atoms with van der Waals surface area (Å²) in [5.41, 5.74) is 3.79. The Morgan fingerprint density at radius 1 is 1.03 bits per heavy atom. The summed E-state index contributed by atoms with van der Waals surface area (Å²) in [6.07, 6.45) is 0. The van der Waals surface area contributed by atoms with E-state index in [1.54, 1.807) is 17.0 Å². The molecule has 5 nitrogen and oxygen atoms in total. The Balaban J connectivity index is 1.89. The van der Waals surface area contributed by atoms with E-state index in [2.05, 4.69) is 24.5 Å². The summed E-state index contributed by atoms with van der Waals surface area (Å²) in [6.45, 7) is 9.21. The highest BCUT2D eigenvalue weighted by Crippen LogP contribution is 2.27. The minimum Gasteiger partial charge on any atom is -0.351 e. The minimum atomic E-state index is -0.308. The van der Waals surface area contributed by atoms with Gasteiger partial charge >= 0.3 is 0 Å². The van der Waals surface area contributed by atoms with Crippen molar-refractivity contribution in [3.05, 3.63) is 65.0 Å². The van der Waals surface area contributed by atoms with Crippen molar-refractivity contribution in [2.24, 2.45) is 0 Å². The van der Waals surface area contributed by atoms with E-state index in [0.717, 1.165) is 22.4 Å². The smallest absolute Gasteiger partial charge is 0.238 e. The molecule has 0 aliphatic heterocycles. The van der Waals surface area contributed by atoms with Gasteiger partial charge in [-0.15, -0.1) is 0 Å². The lowest BCUT2D eigenvalue weighted by Gasteiger charge is -2.21. The van der Waals surface area contributed by atoms with Crippen LogP contribution < -0.4 is 10.6 Å². The molecule has 0 bridgehead atoms. The first-order valence-corrected chi connectivity index (χ1v) is 9.93. The Labute approximate surface area is 172 Å². The van der Waals surface area contributed by atoms with Crippen LogP contribution >= 0.6 is 0 Å². The first kappa shape index (κ1) is 22.6. The summed E-state index contributed by atoms with van der Waals surface area (Å²) in [5, 5.41) is 5.82. The number of likely N-dealkylation sites (N-methyl/N-ethyl adjacent to an activating group) is 1. The minimum absolute atomic E-state index is 0.121. The van der Waals surface area contributed by atoms with Gasteiger partial charge in [0.1, 0.15) is 5.82 Å². The summed E-state index contributed by atoms with van der Waals surface area (Å²) in [5.74, 6) is -0.334. The Kier molecular flexibility index (Phi) is 8.34. The number of amides is 2. The van der Waals surface area contributed by atoms with Crippen molar-refractivity contribution in [3.63, 3.8) is 0 Å². The molecule has 0 aromatic heterocycles. The summed E-state index contributed by atoms with van der Waals surface area (Å²) in [7, 11) is 0. The molecule has 0 atom stereocenters. The molecule has 156 valence electrons. The molecule has 0 saturated heterocycles. The fourth-order valence-corrected chi connectivity index (χ4v) is 3.07. The van der Waals surface area contributed by atoms with Crippen LogP contribution in [-0.2, 0) is 16.1 Å². The quantitative estimate of drug-likeness (QED) is 0.674. The predicted molar refractivity (Wildman–Crippen MR) is 114 cm³/mol. The fraction of sp³-hybridized carbons (Fsp3) is 0.391. The van der Waals surface area contributed by atoms with Crippen molar-refractivity contribution in [2.45, 2.75) is 40.2 Å². The molecule has 2 aromatic rings. The van der Waals surface area contributed by atoms with Crippen molar-refractivity contribution in [1.29, 1.82) is 0 Å². The highest BCUT2D eigenvalue weighted by molar-refractivity contribution is 5.94. The molecule has 0 radical (unpaired) electrons. The van der Waals surface area contributed by atoms with E-state index in [1.165, 1.54) is 12.1 Å². The number of benzene rings is 2. The molecule has 2 amide bonds. The van der Waals surface area contributed by atoms with Gasteiger partial charge in [0, 0.05) is 12.2 Å². The van der Waals surface area contributed by atoms with E-state index in [-0.39, 0.29) is 30.7 Å². The van der Waals surface area contributed by atoms with Crippen LogP contribution in [0.4, 0.5) is 10.1 Å². The van der Waals surface area contributed by atoms with Gasteiger partial charge in [0.15, 0.2) is 0 Å². The number of anilines is 1. The maximum atomic E-state index is 12.9. The average molecular weight is 400 g/mol. The van der Waals surface area contributed by atoms with Gasteiger partial charge in [-0.25, -0.2) is 4.39 Å². The van der Waals surface area contributed by atoms with E-state index in [0.29, 0.717) is 19.0 Å². The fourth-order valence-electron chi connectivity index (χ4n) is 3.07. The Bertz CT molecular complexity index is 835. The first-order chi connectivity index (χ1) is 13.8. The van der Waals surface area contributed by atoms with Crippen LogP contribution in [0.15, 0.2) is 42.5 Å².